The molecule has 2 aliphatic heterocycles. The fourth-order valence-electron chi connectivity index (χ4n) is 5.19. The predicted octanol–water partition coefficient (Wildman–Crippen LogP) is 2.00. The third-order valence-corrected chi connectivity index (χ3v) is 10.1. The van der Waals surface area contributed by atoms with Crippen molar-refractivity contribution < 1.29 is 14.3 Å². The van der Waals surface area contributed by atoms with Crippen molar-refractivity contribution in [2.24, 2.45) is 5.92 Å². The van der Waals surface area contributed by atoms with E-state index in [4.69, 9.17) is 14.7 Å². The number of piperidine rings is 2. The summed E-state index contributed by atoms with van der Waals surface area (Å²) in [7, 11) is 0. The van der Waals surface area contributed by atoms with Gasteiger partial charge in [0.25, 0.3) is 0 Å². The first-order valence-corrected chi connectivity index (χ1v) is 16.6. The Morgan fingerprint density at radius 1 is 1.20 bits per heavy atom. The summed E-state index contributed by atoms with van der Waals surface area (Å²) in [6, 6.07) is 8.49. The molecule has 2 aromatic heterocycles. The summed E-state index contributed by atoms with van der Waals surface area (Å²) < 4.78 is 9.06. The molecule has 2 saturated heterocycles. The van der Waals surface area contributed by atoms with E-state index in [1.165, 1.54) is 6.08 Å². The van der Waals surface area contributed by atoms with Gasteiger partial charge < -0.3 is 0 Å². The molecule has 1 atom stereocenters. The van der Waals surface area contributed by atoms with Crippen LogP contribution < -0.4 is 20.0 Å². The van der Waals surface area contributed by atoms with Gasteiger partial charge in [0.1, 0.15) is 0 Å². The quantitative estimate of drug-likeness (QED) is 0.283. The zero-order chi connectivity index (χ0) is 28.1. The van der Waals surface area contributed by atoms with Crippen LogP contribution in [0.2, 0.25) is 0 Å². The molecule has 5 rings (SSSR count). The van der Waals surface area contributed by atoms with E-state index in [2.05, 4.69) is 42.2 Å². The van der Waals surface area contributed by atoms with Crippen molar-refractivity contribution in [1.82, 2.24) is 29.8 Å². The molecule has 0 saturated carbocycles. The van der Waals surface area contributed by atoms with Crippen LogP contribution in [0, 0.1) is 5.92 Å². The molecule has 212 valence electrons. The van der Waals surface area contributed by atoms with Crippen molar-refractivity contribution >= 4 is 43.5 Å². The molecule has 3 aromatic rings. The second kappa shape index (κ2) is 13.0. The van der Waals surface area contributed by atoms with Crippen LogP contribution in [0.4, 0.5) is 5.69 Å². The third kappa shape index (κ3) is 6.73. The van der Waals surface area contributed by atoms with Crippen molar-refractivity contribution in [1.29, 1.82) is 0 Å². The van der Waals surface area contributed by atoms with E-state index >= 15 is 0 Å². The summed E-state index contributed by atoms with van der Waals surface area (Å²) in [5, 5.41) is 12.0. The molecule has 1 aromatic carbocycles. The van der Waals surface area contributed by atoms with E-state index in [9.17, 15) is 9.59 Å². The normalized spacial score (nSPS) is 17.1. The van der Waals surface area contributed by atoms with Gasteiger partial charge in [-0.25, -0.2) is 0 Å². The van der Waals surface area contributed by atoms with Crippen LogP contribution in [-0.4, -0.2) is 84.3 Å². The number of rotatable bonds is 9. The molecule has 0 radical (unpaired) electrons. The van der Waals surface area contributed by atoms with Crippen LogP contribution in [0.5, 0.6) is 6.01 Å². The van der Waals surface area contributed by atoms with Crippen LogP contribution in [-0.2, 0) is 14.8 Å². The van der Waals surface area contributed by atoms with Gasteiger partial charge in [0.05, 0.1) is 0 Å². The van der Waals surface area contributed by atoms with Gasteiger partial charge >= 0.3 is 235 Å². The summed E-state index contributed by atoms with van der Waals surface area (Å²) in [5.41, 5.74) is 3.86. The molecular formula is C29H38AsN7O3. The van der Waals surface area contributed by atoms with E-state index in [0.29, 0.717) is 37.9 Å². The average Bonchev–Trinajstić information content (AvgIpc) is 3.41. The Morgan fingerprint density at radius 3 is 2.70 bits per heavy atom. The molecule has 11 heteroatoms. The molecule has 2 amide bonds. The first kappa shape index (κ1) is 28.3. The van der Waals surface area contributed by atoms with Gasteiger partial charge in [-0.05, 0) is 0 Å². The number of ether oxygens (including phenoxy) is 1. The van der Waals surface area contributed by atoms with Crippen molar-refractivity contribution in [2.45, 2.75) is 56.8 Å². The zero-order valence-corrected chi connectivity index (χ0v) is 25.3. The van der Waals surface area contributed by atoms with Gasteiger partial charge in [0.15, 0.2) is 0 Å². The zero-order valence-electron chi connectivity index (χ0n) is 23.2. The Labute approximate surface area is 241 Å². The first-order valence-electron chi connectivity index (χ1n) is 14.1. The molecule has 0 aliphatic carbocycles. The van der Waals surface area contributed by atoms with Gasteiger partial charge in [0.2, 0.25) is 0 Å². The molecular weight excluding hydrogens is 569 g/mol. The molecule has 2 fully saturated rings. The number of hydrogen-bond acceptors (Lipinski definition) is 7. The van der Waals surface area contributed by atoms with Gasteiger partial charge in [-0.15, -0.1) is 0 Å². The number of nitrogens with one attached hydrogen (secondary N) is 2. The summed E-state index contributed by atoms with van der Waals surface area (Å²) in [4.78, 5) is 36.1. The van der Waals surface area contributed by atoms with Crippen LogP contribution in [0.25, 0.3) is 5.65 Å². The molecule has 40 heavy (non-hydrogen) atoms. The van der Waals surface area contributed by atoms with Gasteiger partial charge in [-0.2, -0.15) is 0 Å². The minimum absolute atomic E-state index is 0.00819. The number of amides is 2. The Morgan fingerprint density at radius 2 is 1.98 bits per heavy atom. The molecule has 2 aliphatic rings. The van der Waals surface area contributed by atoms with Crippen LogP contribution in [0.15, 0.2) is 43.1 Å². The topological polar surface area (TPSA) is 114 Å². The number of nitrogens with zero attached hydrogens (tertiary/aromatic N) is 5. The van der Waals surface area contributed by atoms with E-state index in [1.54, 1.807) is 4.90 Å². The van der Waals surface area contributed by atoms with E-state index in [1.807, 2.05) is 28.9 Å². The predicted molar refractivity (Wildman–Crippen MR) is 156 cm³/mol. The maximum atomic E-state index is 12.9. The summed E-state index contributed by atoms with van der Waals surface area (Å²) >= 11 is -0.728. The number of benzene rings is 1. The van der Waals surface area contributed by atoms with Gasteiger partial charge in [-0.1, -0.05) is 6.58 Å². The summed E-state index contributed by atoms with van der Waals surface area (Å²) in [6.45, 7) is 10.9. The SMILES string of the molecule is C=CC(=O)N1CCC(C(=O)Nc2cccc(C[AsH]c3nc(OC4CCNCC4)nc4c(C(C)C)cnn34)c2)CC1. The molecule has 0 spiro atoms. The fraction of sp³-hybridized carbons (Fsp3) is 0.483. The first-order chi connectivity index (χ1) is 19.4. The third-order valence-electron chi connectivity index (χ3n) is 7.55. The number of hydrogen-bond donors (Lipinski definition) is 2. The van der Waals surface area contributed by atoms with E-state index < -0.39 is 15.8 Å². The van der Waals surface area contributed by atoms with Crippen molar-refractivity contribution in [3.05, 3.63) is 54.2 Å². The minimum atomic E-state index is -0.728. The van der Waals surface area contributed by atoms with Crippen LogP contribution in [0.1, 0.15) is 56.6 Å². The number of carbonyl (C=O) groups excluding carboxylic acids is 2. The monoisotopic (exact) mass is 607 g/mol. The molecule has 4 heterocycles. The Kier molecular flexibility index (Phi) is 9.17. The van der Waals surface area contributed by atoms with E-state index in [0.717, 1.165) is 58.2 Å². The Hall–Kier alpha value is -3.23. The number of fused-ring (bicyclic) bond motifs is 1. The number of aromatic nitrogens is 4. The van der Waals surface area contributed by atoms with Gasteiger partial charge in [0, 0.05) is 0 Å². The average molecular weight is 608 g/mol. The number of carbonyl (C=O) groups is 2. The van der Waals surface area contributed by atoms with Crippen LogP contribution >= 0.6 is 0 Å². The molecule has 1 unspecified atom stereocenters. The Bertz CT molecular complexity index is 1360. The number of anilines is 1. The van der Waals surface area contributed by atoms with Crippen molar-refractivity contribution in [3.8, 4) is 6.01 Å². The molecule has 0 bridgehead atoms. The van der Waals surface area contributed by atoms with Crippen LogP contribution in [0.3, 0.4) is 0 Å². The summed E-state index contributed by atoms with van der Waals surface area (Å²) in [5.74, 6) is 0.126. The maximum absolute atomic E-state index is 12.9. The fourth-order valence-corrected chi connectivity index (χ4v) is 7.43. The number of likely N-dealkylation sites (tertiary alicyclic amines) is 1. The second-order valence-electron chi connectivity index (χ2n) is 10.7. The summed E-state index contributed by atoms with van der Waals surface area (Å²) in [6.07, 6.45) is 6.56. The van der Waals surface area contributed by atoms with Crippen molar-refractivity contribution in [2.75, 3.05) is 31.5 Å². The standard InChI is InChI=1S/C29H38AsN7O3/c1-4-25(38)36-14-10-21(11-15-36)27(39)33-22-7-5-6-20(16-22)17-30-28-35-29(40-23-8-12-31-13-9-23)34-26-24(19(2)3)18-32-37(26)28/h4-7,16,18-19,21,23,30-31H,1,8-15,17H2,2-3H3,(H,33,39). The van der Waals surface area contributed by atoms with Crippen molar-refractivity contribution in [3.63, 3.8) is 0 Å². The molecule has 10 nitrogen and oxygen atoms in total. The second-order valence-corrected chi connectivity index (χ2v) is 13.2. The molecule has 2 N–H and O–H groups in total. The Balaban J connectivity index is 1.26. The van der Waals surface area contributed by atoms with Gasteiger partial charge in [-0.3, -0.25) is 0 Å². The van der Waals surface area contributed by atoms with E-state index in [-0.39, 0.29) is 23.8 Å².